The zero-order valence-corrected chi connectivity index (χ0v) is 12.6. The predicted molar refractivity (Wildman–Crippen MR) is 78.7 cm³/mol. The van der Waals surface area contributed by atoms with E-state index < -0.39 is 11.7 Å². The van der Waals surface area contributed by atoms with Crippen LogP contribution >= 0.6 is 0 Å². The van der Waals surface area contributed by atoms with Crippen LogP contribution in [0.2, 0.25) is 0 Å². The van der Waals surface area contributed by atoms with E-state index >= 15 is 0 Å². The van der Waals surface area contributed by atoms with Crippen molar-refractivity contribution in [1.82, 2.24) is 5.43 Å². The predicted octanol–water partition coefficient (Wildman–Crippen LogP) is 2.39. The van der Waals surface area contributed by atoms with Crippen LogP contribution in [0, 0.1) is 11.8 Å². The Bertz CT molecular complexity index is 289. The molecule has 2 atom stereocenters. The maximum absolute atomic E-state index is 11.4. The minimum Gasteiger partial charge on any atom is -0.478 e. The summed E-state index contributed by atoms with van der Waals surface area (Å²) in [5, 5.41) is 19.7. The number of hydrogen-bond acceptors (Lipinski definition) is 4. The van der Waals surface area contributed by atoms with Crippen LogP contribution in [0.4, 0.5) is 0 Å². The van der Waals surface area contributed by atoms with Crippen LogP contribution in [0.3, 0.4) is 0 Å². The van der Waals surface area contributed by atoms with E-state index in [1.54, 1.807) is 0 Å². The van der Waals surface area contributed by atoms with E-state index in [1.165, 1.54) is 32.1 Å². The van der Waals surface area contributed by atoms with Crippen molar-refractivity contribution in [3.05, 3.63) is 0 Å². The largest absolute Gasteiger partial charge is 0.478 e. The third-order valence-corrected chi connectivity index (χ3v) is 4.74. The summed E-state index contributed by atoms with van der Waals surface area (Å²) in [6.07, 6.45) is 11.0. The van der Waals surface area contributed by atoms with E-state index in [0.29, 0.717) is 6.42 Å². The highest BCUT2D eigenvalue weighted by Gasteiger charge is 2.45. The van der Waals surface area contributed by atoms with Crippen molar-refractivity contribution in [3.63, 3.8) is 0 Å². The van der Waals surface area contributed by atoms with Crippen molar-refractivity contribution in [2.24, 2.45) is 17.7 Å². The first kappa shape index (κ1) is 17.4. The molecule has 0 spiro atoms. The van der Waals surface area contributed by atoms with Gasteiger partial charge in [0.05, 0.1) is 0 Å². The van der Waals surface area contributed by atoms with E-state index in [0.717, 1.165) is 25.7 Å². The average Bonchev–Trinajstić information content (AvgIpc) is 2.45. The van der Waals surface area contributed by atoms with Crippen molar-refractivity contribution >= 4 is 5.97 Å². The molecule has 0 radical (unpaired) electrons. The molecule has 5 N–H and O–H groups in total. The summed E-state index contributed by atoms with van der Waals surface area (Å²) in [7, 11) is 0. The monoisotopic (exact) mass is 286 g/mol. The zero-order valence-electron chi connectivity index (χ0n) is 12.6. The third-order valence-electron chi connectivity index (χ3n) is 4.74. The molecule has 5 nitrogen and oxygen atoms in total. The third kappa shape index (κ3) is 4.43. The number of carboxylic acid groups (broad SMARTS) is 1. The van der Waals surface area contributed by atoms with E-state index in [4.69, 9.17) is 5.84 Å². The summed E-state index contributed by atoms with van der Waals surface area (Å²) < 4.78 is 0. The van der Waals surface area contributed by atoms with Gasteiger partial charge in [0.25, 0.3) is 0 Å². The Morgan fingerprint density at radius 1 is 1.20 bits per heavy atom. The maximum Gasteiger partial charge on any atom is 0.352 e. The molecule has 1 aliphatic carbocycles. The van der Waals surface area contributed by atoms with Crippen molar-refractivity contribution in [1.29, 1.82) is 0 Å². The summed E-state index contributed by atoms with van der Waals surface area (Å²) in [4.78, 5) is 11.4. The molecule has 118 valence electrons. The zero-order chi connectivity index (χ0) is 15.0. The van der Waals surface area contributed by atoms with Crippen molar-refractivity contribution < 1.29 is 15.0 Å². The number of nitrogens with two attached hydrogens (primary N) is 1. The Hall–Kier alpha value is -0.650. The molecule has 0 aromatic heterocycles. The van der Waals surface area contributed by atoms with E-state index in [-0.39, 0.29) is 11.8 Å². The van der Waals surface area contributed by atoms with Gasteiger partial charge in [-0.3, -0.25) is 5.84 Å². The minimum atomic E-state index is -2.01. The maximum atomic E-state index is 11.4. The van der Waals surface area contributed by atoms with Crippen LogP contribution < -0.4 is 11.3 Å². The molecule has 2 unspecified atom stereocenters. The Labute approximate surface area is 121 Å². The Morgan fingerprint density at radius 2 is 1.65 bits per heavy atom. The number of aliphatic carboxylic acids is 1. The van der Waals surface area contributed by atoms with Gasteiger partial charge in [-0.05, 0) is 12.3 Å². The molecule has 0 heterocycles. The molecule has 0 saturated heterocycles. The van der Waals surface area contributed by atoms with Gasteiger partial charge >= 0.3 is 5.97 Å². The highest BCUT2D eigenvalue weighted by Crippen LogP contribution is 2.34. The normalized spacial score (nSPS) is 23.8. The lowest BCUT2D eigenvalue weighted by Crippen LogP contribution is -2.61. The van der Waals surface area contributed by atoms with Crippen LogP contribution in [-0.2, 0) is 4.79 Å². The lowest BCUT2D eigenvalue weighted by atomic mass is 9.75. The molecule has 20 heavy (non-hydrogen) atoms. The molecular formula is C15H30N2O3. The Balaban J connectivity index is 2.79. The highest BCUT2D eigenvalue weighted by atomic mass is 16.4. The average molecular weight is 286 g/mol. The topological polar surface area (TPSA) is 95.6 Å². The number of carboxylic acids is 1. The lowest BCUT2D eigenvalue weighted by molar-refractivity contribution is -0.174. The Morgan fingerprint density at radius 3 is 2.00 bits per heavy atom. The Kier molecular flexibility index (Phi) is 7.48. The second kappa shape index (κ2) is 8.60. The molecule has 0 bridgehead atoms. The number of hydrogen-bond donors (Lipinski definition) is 4. The summed E-state index contributed by atoms with van der Waals surface area (Å²) >= 11 is 0. The second-order valence-corrected chi connectivity index (χ2v) is 6.04. The van der Waals surface area contributed by atoms with Crippen LogP contribution in [0.25, 0.3) is 0 Å². The molecule has 1 rings (SSSR count). The van der Waals surface area contributed by atoms with Crippen molar-refractivity contribution in [2.75, 3.05) is 0 Å². The first-order valence-electron chi connectivity index (χ1n) is 7.99. The number of carbonyl (C=O) groups is 1. The summed E-state index contributed by atoms with van der Waals surface area (Å²) in [5.74, 6) is 3.94. The first-order chi connectivity index (χ1) is 9.56. The van der Waals surface area contributed by atoms with E-state index in [2.05, 4.69) is 5.43 Å². The van der Waals surface area contributed by atoms with Gasteiger partial charge < -0.3 is 10.2 Å². The summed E-state index contributed by atoms with van der Waals surface area (Å²) in [6, 6.07) is 0. The fourth-order valence-electron chi connectivity index (χ4n) is 3.54. The molecule has 1 saturated carbocycles. The van der Waals surface area contributed by atoms with Crippen molar-refractivity contribution in [2.45, 2.75) is 76.9 Å². The SMILES string of the molecule is CCC(C1CCCCCCCCC1)C(O)(NN)C(=O)O. The van der Waals surface area contributed by atoms with Crippen molar-refractivity contribution in [3.8, 4) is 0 Å². The van der Waals surface area contributed by atoms with Crippen LogP contribution in [0.5, 0.6) is 0 Å². The molecule has 1 aliphatic rings. The number of nitrogens with one attached hydrogen (secondary N) is 1. The molecule has 0 aromatic rings. The summed E-state index contributed by atoms with van der Waals surface area (Å²) in [5.41, 5.74) is 0.136. The first-order valence-corrected chi connectivity index (χ1v) is 7.99. The summed E-state index contributed by atoms with van der Waals surface area (Å²) in [6.45, 7) is 1.93. The van der Waals surface area contributed by atoms with Crippen LogP contribution in [0.1, 0.15) is 71.1 Å². The van der Waals surface area contributed by atoms with Crippen LogP contribution in [0.15, 0.2) is 0 Å². The molecule has 5 heteroatoms. The van der Waals surface area contributed by atoms with Gasteiger partial charge in [-0.25, -0.2) is 10.2 Å². The standard InChI is InChI=1S/C15H30N2O3/c1-2-13(15(20,17-16)14(18)19)12-10-8-6-4-3-5-7-9-11-12/h12-13,17,20H,2-11,16H2,1H3,(H,18,19). The number of hydrazine groups is 1. The van der Waals surface area contributed by atoms with E-state index in [9.17, 15) is 15.0 Å². The van der Waals surface area contributed by atoms with E-state index in [1.807, 2.05) is 6.92 Å². The molecule has 1 fully saturated rings. The minimum absolute atomic E-state index is 0.218. The smallest absolute Gasteiger partial charge is 0.352 e. The number of rotatable bonds is 5. The van der Waals surface area contributed by atoms with Gasteiger partial charge in [0.1, 0.15) is 0 Å². The second-order valence-electron chi connectivity index (χ2n) is 6.04. The highest BCUT2D eigenvalue weighted by molar-refractivity contribution is 5.76. The molecule has 0 aromatic carbocycles. The van der Waals surface area contributed by atoms with Gasteiger partial charge in [-0.2, -0.15) is 0 Å². The van der Waals surface area contributed by atoms with Gasteiger partial charge in [-0.15, -0.1) is 0 Å². The fourth-order valence-corrected chi connectivity index (χ4v) is 3.54. The van der Waals surface area contributed by atoms with Crippen LogP contribution in [-0.4, -0.2) is 21.9 Å². The molecule has 0 amide bonds. The quantitative estimate of drug-likeness (QED) is 0.353. The fraction of sp³-hybridized carbons (Fsp3) is 0.933. The molecule has 0 aliphatic heterocycles. The van der Waals surface area contributed by atoms with Gasteiger partial charge in [0.15, 0.2) is 0 Å². The van der Waals surface area contributed by atoms with Gasteiger partial charge in [0, 0.05) is 5.92 Å². The molecular weight excluding hydrogens is 256 g/mol. The number of aliphatic hydroxyl groups is 1. The van der Waals surface area contributed by atoms with Gasteiger partial charge in [0.2, 0.25) is 5.72 Å². The lowest BCUT2D eigenvalue weighted by Gasteiger charge is -2.37. The van der Waals surface area contributed by atoms with Gasteiger partial charge in [-0.1, -0.05) is 64.7 Å².